The van der Waals surface area contributed by atoms with Gasteiger partial charge in [-0.15, -0.1) is 10.2 Å². The highest BCUT2D eigenvalue weighted by Crippen LogP contribution is 2.25. The van der Waals surface area contributed by atoms with E-state index in [1.165, 1.54) is 0 Å². The van der Waals surface area contributed by atoms with Crippen LogP contribution in [0.5, 0.6) is 0 Å². The molecule has 0 amide bonds. The van der Waals surface area contributed by atoms with Gasteiger partial charge in [0.1, 0.15) is 11.6 Å². The molecule has 0 spiro atoms. The van der Waals surface area contributed by atoms with Crippen LogP contribution in [0.3, 0.4) is 0 Å². The van der Waals surface area contributed by atoms with Crippen LogP contribution in [0.2, 0.25) is 0 Å². The van der Waals surface area contributed by atoms with E-state index in [1.807, 2.05) is 32.0 Å². The molecule has 8 nitrogen and oxygen atoms in total. The fourth-order valence-corrected chi connectivity index (χ4v) is 4.26. The lowest BCUT2D eigenvalue weighted by Crippen LogP contribution is -2.46. The first-order valence-electron chi connectivity index (χ1n) is 9.39. The highest BCUT2D eigenvalue weighted by molar-refractivity contribution is 7.15. The Balaban J connectivity index is 1.49. The number of benzene rings is 1. The number of anilines is 2. The maximum absolute atomic E-state index is 12.6. The van der Waals surface area contributed by atoms with Gasteiger partial charge in [0, 0.05) is 45.0 Å². The molecule has 1 aromatic carbocycles. The van der Waals surface area contributed by atoms with Crippen LogP contribution in [-0.2, 0) is 11.3 Å². The van der Waals surface area contributed by atoms with E-state index in [4.69, 9.17) is 4.74 Å². The van der Waals surface area contributed by atoms with Gasteiger partial charge in [-0.05, 0) is 32.0 Å². The molecule has 0 bridgehead atoms. The summed E-state index contributed by atoms with van der Waals surface area (Å²) in [4.78, 5) is 21.7. The molecule has 0 atom stereocenters. The maximum atomic E-state index is 12.6. The summed E-state index contributed by atoms with van der Waals surface area (Å²) in [5, 5.41) is 11.0. The fourth-order valence-electron chi connectivity index (χ4n) is 3.40. The molecule has 4 rings (SSSR count). The van der Waals surface area contributed by atoms with Crippen molar-refractivity contribution in [1.29, 1.82) is 0 Å². The van der Waals surface area contributed by atoms with Gasteiger partial charge in [-0.1, -0.05) is 11.3 Å². The van der Waals surface area contributed by atoms with E-state index in [0.29, 0.717) is 12.0 Å². The first-order chi connectivity index (χ1) is 13.6. The second-order valence-corrected chi connectivity index (χ2v) is 8.18. The lowest BCUT2D eigenvalue weighted by Gasteiger charge is -2.35. The van der Waals surface area contributed by atoms with E-state index in [-0.39, 0.29) is 11.6 Å². The molecule has 3 aromatic rings. The number of aromatic nitrogens is 4. The summed E-state index contributed by atoms with van der Waals surface area (Å²) in [6.45, 7) is 7.99. The molecular formula is C19H24N6O2S. The van der Waals surface area contributed by atoms with Crippen LogP contribution in [0.1, 0.15) is 24.9 Å². The van der Waals surface area contributed by atoms with Gasteiger partial charge in [0.25, 0.3) is 5.56 Å². The molecule has 1 fully saturated rings. The van der Waals surface area contributed by atoms with Crippen molar-refractivity contribution in [1.82, 2.24) is 19.7 Å². The molecule has 9 heteroatoms. The number of ether oxygens (including phenoxy) is 1. The van der Waals surface area contributed by atoms with Gasteiger partial charge < -0.3 is 14.5 Å². The quantitative estimate of drug-likeness (QED) is 0.650. The molecule has 1 aliphatic heterocycles. The molecule has 148 valence electrons. The summed E-state index contributed by atoms with van der Waals surface area (Å²) in [7, 11) is 1.66. The van der Waals surface area contributed by atoms with Crippen LogP contribution in [0.4, 0.5) is 10.8 Å². The van der Waals surface area contributed by atoms with E-state index in [9.17, 15) is 4.79 Å². The summed E-state index contributed by atoms with van der Waals surface area (Å²) < 4.78 is 6.79. The minimum atomic E-state index is 0.0134. The van der Waals surface area contributed by atoms with Crippen LogP contribution in [-0.4, -0.2) is 53.0 Å². The normalized spacial score (nSPS) is 15.0. The zero-order valence-corrected chi connectivity index (χ0v) is 17.1. The Morgan fingerprint density at radius 1 is 1.14 bits per heavy atom. The average molecular weight is 401 g/mol. The van der Waals surface area contributed by atoms with Gasteiger partial charge in [-0.3, -0.25) is 9.36 Å². The van der Waals surface area contributed by atoms with Crippen molar-refractivity contribution < 1.29 is 4.74 Å². The van der Waals surface area contributed by atoms with Gasteiger partial charge in [0.2, 0.25) is 5.13 Å². The molecule has 0 radical (unpaired) electrons. The number of nitrogens with zero attached hydrogens (tertiary/aromatic N) is 6. The van der Waals surface area contributed by atoms with Gasteiger partial charge in [0.05, 0.1) is 17.2 Å². The molecule has 1 aliphatic rings. The van der Waals surface area contributed by atoms with Crippen molar-refractivity contribution in [3.8, 4) is 0 Å². The van der Waals surface area contributed by atoms with E-state index in [0.717, 1.165) is 47.5 Å². The number of methoxy groups -OCH3 is 1. The Morgan fingerprint density at radius 3 is 2.61 bits per heavy atom. The third-order valence-electron chi connectivity index (χ3n) is 4.96. The predicted octanol–water partition coefficient (Wildman–Crippen LogP) is 2.30. The van der Waals surface area contributed by atoms with Gasteiger partial charge >= 0.3 is 0 Å². The molecular weight excluding hydrogens is 376 g/mol. The summed E-state index contributed by atoms with van der Waals surface area (Å²) >= 11 is 1.58. The Labute approximate surface area is 167 Å². The molecule has 2 aromatic heterocycles. The second kappa shape index (κ2) is 7.84. The highest BCUT2D eigenvalue weighted by atomic mass is 32.1. The molecule has 28 heavy (non-hydrogen) atoms. The van der Waals surface area contributed by atoms with Crippen LogP contribution >= 0.6 is 11.3 Å². The number of rotatable bonds is 5. The Hall–Kier alpha value is -2.52. The SMILES string of the molecule is COCc1nnc(N2CCN(c3ccc4c(=O)n(C(C)C)cnc4c3)CC2)s1. The lowest BCUT2D eigenvalue weighted by atomic mass is 10.2. The first-order valence-corrected chi connectivity index (χ1v) is 10.2. The third kappa shape index (κ3) is 3.59. The highest BCUT2D eigenvalue weighted by Gasteiger charge is 2.21. The van der Waals surface area contributed by atoms with Crippen LogP contribution < -0.4 is 15.4 Å². The number of hydrogen-bond acceptors (Lipinski definition) is 8. The number of fused-ring (bicyclic) bond motifs is 1. The monoisotopic (exact) mass is 400 g/mol. The number of piperazine rings is 1. The molecule has 0 aliphatic carbocycles. The van der Waals surface area contributed by atoms with Crippen LogP contribution in [0.25, 0.3) is 10.9 Å². The maximum Gasteiger partial charge on any atom is 0.261 e. The van der Waals surface area contributed by atoms with Crippen molar-refractivity contribution in [3.63, 3.8) is 0 Å². The van der Waals surface area contributed by atoms with Crippen LogP contribution in [0, 0.1) is 0 Å². The fraction of sp³-hybridized carbons (Fsp3) is 0.474. The summed E-state index contributed by atoms with van der Waals surface area (Å²) in [6.07, 6.45) is 1.64. The zero-order valence-electron chi connectivity index (χ0n) is 16.3. The zero-order chi connectivity index (χ0) is 19.7. The van der Waals surface area contributed by atoms with Crippen molar-refractivity contribution in [2.45, 2.75) is 26.5 Å². The van der Waals surface area contributed by atoms with E-state index in [2.05, 4.69) is 25.0 Å². The third-order valence-corrected chi connectivity index (χ3v) is 5.92. The van der Waals surface area contributed by atoms with Crippen molar-refractivity contribution >= 4 is 33.1 Å². The minimum absolute atomic E-state index is 0.0134. The Morgan fingerprint density at radius 2 is 1.89 bits per heavy atom. The van der Waals surface area contributed by atoms with Crippen molar-refractivity contribution in [2.24, 2.45) is 0 Å². The first kappa shape index (κ1) is 18.8. The predicted molar refractivity (Wildman–Crippen MR) is 111 cm³/mol. The number of hydrogen-bond donors (Lipinski definition) is 0. The molecule has 3 heterocycles. The topological polar surface area (TPSA) is 76.4 Å². The average Bonchev–Trinajstić information content (AvgIpc) is 3.17. The van der Waals surface area contributed by atoms with E-state index < -0.39 is 0 Å². The minimum Gasteiger partial charge on any atom is -0.377 e. The van der Waals surface area contributed by atoms with Gasteiger partial charge in [-0.25, -0.2) is 4.98 Å². The standard InChI is InChI=1S/C19H24N6O2S/c1-13(2)25-12-20-16-10-14(4-5-15(16)18(25)26)23-6-8-24(9-7-23)19-22-21-17(28-19)11-27-3/h4-5,10,12-13H,6-9,11H2,1-3H3. The Bertz CT molecular complexity index is 1020. The van der Waals surface area contributed by atoms with Gasteiger partial charge in [0.15, 0.2) is 0 Å². The lowest BCUT2D eigenvalue weighted by molar-refractivity contribution is 0.184. The molecule has 1 saturated heterocycles. The van der Waals surface area contributed by atoms with E-state index >= 15 is 0 Å². The molecule has 0 N–H and O–H groups in total. The summed E-state index contributed by atoms with van der Waals surface area (Å²) in [5.74, 6) is 0. The second-order valence-electron chi connectivity index (χ2n) is 7.14. The van der Waals surface area contributed by atoms with Gasteiger partial charge in [-0.2, -0.15) is 0 Å². The van der Waals surface area contributed by atoms with Crippen LogP contribution in [0.15, 0.2) is 29.3 Å². The molecule has 0 saturated carbocycles. The largest absolute Gasteiger partial charge is 0.377 e. The summed E-state index contributed by atoms with van der Waals surface area (Å²) in [5.41, 5.74) is 1.85. The summed E-state index contributed by atoms with van der Waals surface area (Å²) in [6, 6.07) is 6.03. The van der Waals surface area contributed by atoms with Crippen molar-refractivity contribution in [2.75, 3.05) is 43.1 Å². The molecule has 0 unspecified atom stereocenters. The smallest absolute Gasteiger partial charge is 0.261 e. The van der Waals surface area contributed by atoms with E-state index in [1.54, 1.807) is 29.3 Å². The van der Waals surface area contributed by atoms with Crippen molar-refractivity contribution in [3.05, 3.63) is 39.9 Å². The Kier molecular flexibility index (Phi) is 5.27.